The molecule has 0 saturated heterocycles. The number of alkyl halides is 3. The SMILES string of the molecule is NCCc1cccc(Cn2cc(OC(=O)C(F)(F)F)c(OCc3ccc(F)cc3F)c(Br)c2=O)c1. The first-order chi connectivity index (χ1) is 16.5. The van der Waals surface area contributed by atoms with Crippen LogP contribution in [0.15, 0.2) is 57.9 Å². The molecule has 0 aliphatic heterocycles. The van der Waals surface area contributed by atoms with E-state index in [1.807, 2.05) is 6.07 Å². The number of ether oxygens (including phenoxy) is 2. The Morgan fingerprint density at radius 1 is 1.09 bits per heavy atom. The topological polar surface area (TPSA) is 83.6 Å². The van der Waals surface area contributed by atoms with Crippen LogP contribution in [-0.2, 0) is 24.4 Å². The number of nitrogens with two attached hydrogens (primary N) is 1. The Balaban J connectivity index is 2.00. The zero-order valence-electron chi connectivity index (χ0n) is 17.9. The van der Waals surface area contributed by atoms with Crippen LogP contribution >= 0.6 is 15.9 Å². The van der Waals surface area contributed by atoms with Crippen molar-refractivity contribution >= 4 is 21.9 Å². The normalized spacial score (nSPS) is 11.4. The molecule has 0 saturated carbocycles. The number of esters is 1. The van der Waals surface area contributed by atoms with E-state index in [2.05, 4.69) is 20.7 Å². The fourth-order valence-electron chi connectivity index (χ4n) is 3.11. The van der Waals surface area contributed by atoms with Gasteiger partial charge in [-0.05, 0) is 52.2 Å². The molecule has 6 nitrogen and oxygen atoms in total. The van der Waals surface area contributed by atoms with Gasteiger partial charge in [0.2, 0.25) is 0 Å². The molecule has 3 rings (SSSR count). The molecule has 0 spiro atoms. The second-order valence-corrected chi connectivity index (χ2v) is 8.13. The van der Waals surface area contributed by atoms with E-state index in [1.165, 1.54) is 0 Å². The van der Waals surface area contributed by atoms with Crippen molar-refractivity contribution in [2.45, 2.75) is 25.7 Å². The molecule has 35 heavy (non-hydrogen) atoms. The van der Waals surface area contributed by atoms with Crippen molar-refractivity contribution in [3.8, 4) is 11.5 Å². The minimum Gasteiger partial charge on any atom is -0.483 e. The average Bonchev–Trinajstić information content (AvgIpc) is 2.78. The summed E-state index contributed by atoms with van der Waals surface area (Å²) in [5.74, 6) is -5.63. The van der Waals surface area contributed by atoms with Crippen molar-refractivity contribution in [1.82, 2.24) is 4.57 Å². The Labute approximate surface area is 204 Å². The number of benzene rings is 2. The number of aromatic nitrogens is 1. The van der Waals surface area contributed by atoms with E-state index in [1.54, 1.807) is 18.2 Å². The van der Waals surface area contributed by atoms with Crippen LogP contribution in [0.2, 0.25) is 0 Å². The first kappa shape index (κ1) is 26.4. The van der Waals surface area contributed by atoms with Gasteiger partial charge in [0.1, 0.15) is 22.7 Å². The lowest BCUT2D eigenvalue weighted by atomic mass is 10.1. The highest BCUT2D eigenvalue weighted by atomic mass is 79.9. The molecule has 1 aromatic heterocycles. The zero-order chi connectivity index (χ0) is 25.8. The lowest BCUT2D eigenvalue weighted by molar-refractivity contribution is -0.189. The summed E-state index contributed by atoms with van der Waals surface area (Å²) in [6.07, 6.45) is -3.86. The van der Waals surface area contributed by atoms with Crippen molar-refractivity contribution < 1.29 is 36.2 Å². The molecule has 1 heterocycles. The van der Waals surface area contributed by atoms with E-state index in [0.29, 0.717) is 24.6 Å². The summed E-state index contributed by atoms with van der Waals surface area (Å²) in [5.41, 5.74) is 6.23. The van der Waals surface area contributed by atoms with Crippen molar-refractivity contribution in [3.05, 3.63) is 91.8 Å². The van der Waals surface area contributed by atoms with E-state index in [9.17, 15) is 31.5 Å². The lowest BCUT2D eigenvalue weighted by Crippen LogP contribution is -2.29. The van der Waals surface area contributed by atoms with Gasteiger partial charge in [-0.3, -0.25) is 4.79 Å². The minimum atomic E-state index is -5.33. The molecule has 0 aliphatic carbocycles. The Hall–Kier alpha value is -3.25. The summed E-state index contributed by atoms with van der Waals surface area (Å²) in [5, 5.41) is 0. The van der Waals surface area contributed by atoms with Gasteiger partial charge >= 0.3 is 12.1 Å². The Bertz CT molecular complexity index is 1290. The molecule has 0 unspecified atom stereocenters. The monoisotopic (exact) mass is 560 g/mol. The second-order valence-electron chi connectivity index (χ2n) is 7.34. The van der Waals surface area contributed by atoms with Gasteiger partial charge in [-0.2, -0.15) is 13.2 Å². The molecule has 2 aromatic carbocycles. The van der Waals surface area contributed by atoms with E-state index < -0.39 is 47.4 Å². The summed E-state index contributed by atoms with van der Waals surface area (Å²) in [4.78, 5) is 24.4. The fourth-order valence-corrected chi connectivity index (χ4v) is 3.65. The molecule has 12 heteroatoms. The van der Waals surface area contributed by atoms with Gasteiger partial charge < -0.3 is 19.8 Å². The van der Waals surface area contributed by atoms with Crippen molar-refractivity contribution in [3.63, 3.8) is 0 Å². The van der Waals surface area contributed by atoms with Gasteiger partial charge in [0.05, 0.1) is 12.7 Å². The smallest absolute Gasteiger partial charge is 0.483 e. The van der Waals surface area contributed by atoms with E-state index in [4.69, 9.17) is 10.5 Å². The zero-order valence-corrected chi connectivity index (χ0v) is 19.5. The Morgan fingerprint density at radius 2 is 1.80 bits per heavy atom. The standard InChI is InChI=1S/C23H18BrF5N2O4/c24-19-20(34-12-15-4-5-16(25)9-17(15)26)18(35-22(33)23(27,28)29)11-31(21(19)32)10-14-3-1-2-13(8-14)6-7-30/h1-5,8-9,11H,6-7,10,12,30H2. The fraction of sp³-hybridized carbons (Fsp3) is 0.217. The van der Waals surface area contributed by atoms with Crippen molar-refractivity contribution in [2.24, 2.45) is 5.73 Å². The molecule has 0 bridgehead atoms. The maximum atomic E-state index is 14.0. The van der Waals surface area contributed by atoms with Gasteiger partial charge in [0.25, 0.3) is 5.56 Å². The van der Waals surface area contributed by atoms with Crippen LogP contribution in [0.5, 0.6) is 11.5 Å². The first-order valence-corrected chi connectivity index (χ1v) is 10.9. The number of hydrogen-bond acceptors (Lipinski definition) is 5. The van der Waals surface area contributed by atoms with Crippen LogP contribution in [0.25, 0.3) is 0 Å². The lowest BCUT2D eigenvalue weighted by Gasteiger charge is -2.17. The van der Waals surface area contributed by atoms with E-state index in [0.717, 1.165) is 28.5 Å². The van der Waals surface area contributed by atoms with Crippen LogP contribution in [-0.4, -0.2) is 23.3 Å². The number of pyridine rings is 1. The Morgan fingerprint density at radius 3 is 2.46 bits per heavy atom. The summed E-state index contributed by atoms with van der Waals surface area (Å²) < 4.78 is 76.2. The predicted molar refractivity (Wildman–Crippen MR) is 119 cm³/mol. The van der Waals surface area contributed by atoms with Gasteiger partial charge in [0.15, 0.2) is 11.5 Å². The maximum absolute atomic E-state index is 14.0. The molecule has 186 valence electrons. The van der Waals surface area contributed by atoms with Gasteiger partial charge in [-0.1, -0.05) is 24.3 Å². The number of rotatable bonds is 8. The van der Waals surface area contributed by atoms with Crippen molar-refractivity contribution in [2.75, 3.05) is 6.54 Å². The number of carbonyl (C=O) groups is 1. The highest BCUT2D eigenvalue weighted by Crippen LogP contribution is 2.35. The molecule has 0 amide bonds. The molecule has 0 atom stereocenters. The molecule has 3 aromatic rings. The molecular weight excluding hydrogens is 543 g/mol. The van der Waals surface area contributed by atoms with Crippen LogP contribution < -0.4 is 20.8 Å². The van der Waals surface area contributed by atoms with Gasteiger partial charge in [-0.15, -0.1) is 0 Å². The Kier molecular flexibility index (Phi) is 8.28. The third-order valence-corrected chi connectivity index (χ3v) is 5.44. The van der Waals surface area contributed by atoms with Gasteiger partial charge in [-0.25, -0.2) is 13.6 Å². The van der Waals surface area contributed by atoms with E-state index >= 15 is 0 Å². The van der Waals surface area contributed by atoms with Crippen LogP contribution in [0.1, 0.15) is 16.7 Å². The quantitative estimate of drug-likeness (QED) is 0.324. The molecule has 0 aliphatic rings. The highest BCUT2D eigenvalue weighted by Gasteiger charge is 2.42. The summed E-state index contributed by atoms with van der Waals surface area (Å²) in [6.45, 7) is -0.266. The predicted octanol–water partition coefficient (Wildman–Crippen LogP) is 4.49. The number of halogens is 6. The van der Waals surface area contributed by atoms with Crippen LogP contribution in [0.3, 0.4) is 0 Å². The first-order valence-electron chi connectivity index (χ1n) is 10.1. The third kappa shape index (κ3) is 6.67. The molecule has 0 radical (unpaired) electrons. The minimum absolute atomic E-state index is 0.0702. The largest absolute Gasteiger partial charge is 0.491 e. The number of nitrogens with zero attached hydrogens (tertiary/aromatic N) is 1. The maximum Gasteiger partial charge on any atom is 0.491 e. The highest BCUT2D eigenvalue weighted by molar-refractivity contribution is 9.10. The summed E-state index contributed by atoms with van der Waals surface area (Å²) >= 11 is 2.98. The average molecular weight is 561 g/mol. The van der Waals surface area contributed by atoms with Crippen molar-refractivity contribution in [1.29, 1.82) is 0 Å². The van der Waals surface area contributed by atoms with Gasteiger partial charge in [0, 0.05) is 11.6 Å². The number of carbonyl (C=O) groups excluding carboxylic acids is 1. The molecule has 2 N–H and O–H groups in total. The summed E-state index contributed by atoms with van der Waals surface area (Å²) in [7, 11) is 0. The van der Waals surface area contributed by atoms with Crippen LogP contribution in [0.4, 0.5) is 22.0 Å². The molecular formula is C23H18BrF5N2O4. The summed E-state index contributed by atoms with van der Waals surface area (Å²) in [6, 6.07) is 9.65. The van der Waals surface area contributed by atoms with E-state index in [-0.39, 0.29) is 16.6 Å². The number of hydrogen-bond donors (Lipinski definition) is 1. The third-order valence-electron chi connectivity index (χ3n) is 4.74. The molecule has 0 fully saturated rings. The van der Waals surface area contributed by atoms with Crippen LogP contribution in [0, 0.1) is 11.6 Å². The second kappa shape index (κ2) is 11.0.